The van der Waals surface area contributed by atoms with E-state index in [2.05, 4.69) is 10.2 Å². The molecular weight excluding hydrogens is 427 g/mol. The molecule has 1 saturated heterocycles. The van der Waals surface area contributed by atoms with Crippen LogP contribution in [0.3, 0.4) is 0 Å². The molecule has 0 spiro atoms. The monoisotopic (exact) mass is 450 g/mol. The lowest BCUT2D eigenvalue weighted by atomic mass is 9.83. The summed E-state index contributed by atoms with van der Waals surface area (Å²) < 4.78 is 19.8. The number of halogens is 1. The summed E-state index contributed by atoms with van der Waals surface area (Å²) in [5.41, 5.74) is 2.19. The molecule has 0 aliphatic carbocycles. The van der Waals surface area contributed by atoms with Crippen molar-refractivity contribution in [1.29, 1.82) is 0 Å². The summed E-state index contributed by atoms with van der Waals surface area (Å²) in [6.07, 6.45) is 1.92. The van der Waals surface area contributed by atoms with E-state index in [0.29, 0.717) is 37.5 Å². The van der Waals surface area contributed by atoms with Gasteiger partial charge in [-0.1, -0.05) is 12.1 Å². The summed E-state index contributed by atoms with van der Waals surface area (Å²) in [4.78, 5) is 28.3. The maximum atomic E-state index is 14.5. The van der Waals surface area contributed by atoms with Gasteiger partial charge in [0.2, 0.25) is 5.91 Å². The molecule has 0 unspecified atom stereocenters. The van der Waals surface area contributed by atoms with Crippen LogP contribution in [0.1, 0.15) is 11.3 Å². The Morgan fingerprint density at radius 2 is 2.00 bits per heavy atom. The van der Waals surface area contributed by atoms with Gasteiger partial charge in [0.05, 0.1) is 35.4 Å². The van der Waals surface area contributed by atoms with Crippen molar-refractivity contribution in [1.82, 2.24) is 5.32 Å². The van der Waals surface area contributed by atoms with Crippen molar-refractivity contribution in [2.45, 2.75) is 19.0 Å². The van der Waals surface area contributed by atoms with Gasteiger partial charge in [-0.3, -0.25) is 14.9 Å². The Morgan fingerprint density at radius 3 is 2.76 bits per heavy atom. The van der Waals surface area contributed by atoms with Crippen LogP contribution in [0.15, 0.2) is 65.3 Å². The summed E-state index contributed by atoms with van der Waals surface area (Å²) in [6.45, 7) is 1.88. The zero-order chi connectivity index (χ0) is 22.9. The molecule has 170 valence electrons. The summed E-state index contributed by atoms with van der Waals surface area (Å²) in [6, 6.07) is 14.8. The number of nitrogens with one attached hydrogen (secondary N) is 1. The first kappa shape index (κ1) is 21.0. The smallest absolute Gasteiger partial charge is 0.269 e. The molecule has 1 amide bonds. The Labute approximate surface area is 189 Å². The molecule has 2 aromatic carbocycles. The van der Waals surface area contributed by atoms with Gasteiger partial charge >= 0.3 is 0 Å². The Morgan fingerprint density at radius 1 is 1.15 bits per heavy atom. The topological polar surface area (TPSA) is 91.9 Å². The van der Waals surface area contributed by atoms with Gasteiger partial charge in [-0.15, -0.1) is 0 Å². The number of furan rings is 1. The second kappa shape index (κ2) is 8.57. The molecule has 3 heterocycles. The van der Waals surface area contributed by atoms with E-state index in [9.17, 15) is 19.3 Å². The number of fused-ring (bicyclic) bond motifs is 3. The highest BCUT2D eigenvalue weighted by atomic mass is 19.1. The summed E-state index contributed by atoms with van der Waals surface area (Å²) in [7, 11) is 0. The van der Waals surface area contributed by atoms with E-state index >= 15 is 0 Å². The molecule has 5 rings (SSSR count). The molecule has 0 bridgehead atoms. The molecule has 1 N–H and O–H groups in total. The number of carbonyl (C=O) groups excluding carboxylic acids is 1. The zero-order valence-electron chi connectivity index (χ0n) is 17.8. The third-order valence-electron chi connectivity index (χ3n) is 6.45. The number of piperazine rings is 1. The van der Waals surface area contributed by atoms with Crippen LogP contribution in [-0.4, -0.2) is 36.5 Å². The van der Waals surface area contributed by atoms with E-state index in [4.69, 9.17) is 4.42 Å². The quantitative estimate of drug-likeness (QED) is 0.473. The van der Waals surface area contributed by atoms with Crippen molar-refractivity contribution >= 4 is 23.0 Å². The molecule has 9 heteroatoms. The number of rotatable bonds is 5. The van der Waals surface area contributed by atoms with Crippen molar-refractivity contribution in [3.63, 3.8) is 0 Å². The summed E-state index contributed by atoms with van der Waals surface area (Å²) in [5.74, 6) is -0.265. The van der Waals surface area contributed by atoms with Crippen molar-refractivity contribution < 1.29 is 18.5 Å². The average Bonchev–Trinajstić information content (AvgIpc) is 3.35. The standard InChI is InChI=1S/C24H23FN4O4/c25-20-5-1-2-6-22(20)27-9-10-28-21-8-7-17(29(31)32)12-16(21)13-19(23(28)15-27)24(30)26-14-18-4-3-11-33-18/h1-8,11-12,19,23H,9-10,13-15H2,(H,26,30)/t19-,23+/m1/s1. The molecule has 0 saturated carbocycles. The third-order valence-corrected chi connectivity index (χ3v) is 6.45. The summed E-state index contributed by atoms with van der Waals surface area (Å²) in [5, 5.41) is 14.2. The van der Waals surface area contributed by atoms with Crippen LogP contribution in [0.5, 0.6) is 0 Å². The van der Waals surface area contributed by atoms with E-state index in [1.165, 1.54) is 12.1 Å². The van der Waals surface area contributed by atoms with E-state index in [1.54, 1.807) is 48.7 Å². The van der Waals surface area contributed by atoms with Gasteiger partial charge in [0, 0.05) is 37.5 Å². The Bertz CT molecular complexity index is 1180. The number of carbonyl (C=O) groups is 1. The second-order valence-electron chi connectivity index (χ2n) is 8.34. The number of non-ortho nitro benzene ring substituents is 1. The number of benzene rings is 2. The normalized spacial score (nSPS) is 19.5. The van der Waals surface area contributed by atoms with E-state index in [0.717, 1.165) is 11.3 Å². The van der Waals surface area contributed by atoms with Gasteiger partial charge in [-0.25, -0.2) is 4.39 Å². The lowest BCUT2D eigenvalue weighted by Crippen LogP contribution is -2.61. The minimum Gasteiger partial charge on any atom is -0.467 e. The first-order valence-corrected chi connectivity index (χ1v) is 10.8. The molecule has 1 fully saturated rings. The van der Waals surface area contributed by atoms with Crippen LogP contribution >= 0.6 is 0 Å². The van der Waals surface area contributed by atoms with Gasteiger partial charge in [0.15, 0.2) is 0 Å². The van der Waals surface area contributed by atoms with Gasteiger partial charge in [-0.05, 0) is 42.3 Å². The Kier molecular flexibility index (Phi) is 5.45. The molecular formula is C24H23FN4O4. The fourth-order valence-electron chi connectivity index (χ4n) is 4.87. The highest BCUT2D eigenvalue weighted by Crippen LogP contribution is 2.39. The van der Waals surface area contributed by atoms with Crippen LogP contribution in [0.2, 0.25) is 0 Å². The number of anilines is 2. The van der Waals surface area contributed by atoms with Crippen LogP contribution in [0.25, 0.3) is 0 Å². The number of nitrogens with zero attached hydrogens (tertiary/aromatic N) is 3. The van der Waals surface area contributed by atoms with Gasteiger partial charge in [-0.2, -0.15) is 0 Å². The number of nitro benzene ring substituents is 1. The molecule has 1 aromatic heterocycles. The fourth-order valence-corrected chi connectivity index (χ4v) is 4.87. The number of hydrogen-bond acceptors (Lipinski definition) is 6. The molecule has 33 heavy (non-hydrogen) atoms. The molecule has 3 aromatic rings. The van der Waals surface area contributed by atoms with Crippen molar-refractivity contribution in [2.24, 2.45) is 5.92 Å². The lowest BCUT2D eigenvalue weighted by molar-refractivity contribution is -0.384. The van der Waals surface area contributed by atoms with Gasteiger partial charge in [0.1, 0.15) is 11.6 Å². The Balaban J connectivity index is 1.46. The van der Waals surface area contributed by atoms with Crippen LogP contribution in [0.4, 0.5) is 21.5 Å². The van der Waals surface area contributed by atoms with Crippen LogP contribution in [-0.2, 0) is 17.8 Å². The fraction of sp³-hybridized carbons (Fsp3) is 0.292. The molecule has 2 aliphatic rings. The number of nitro groups is 1. The number of amides is 1. The predicted octanol–water partition coefficient (Wildman–Crippen LogP) is 3.51. The van der Waals surface area contributed by atoms with Crippen LogP contribution in [0, 0.1) is 21.8 Å². The number of hydrogen-bond donors (Lipinski definition) is 1. The van der Waals surface area contributed by atoms with Crippen molar-refractivity contribution in [2.75, 3.05) is 29.4 Å². The van der Waals surface area contributed by atoms with E-state index in [-0.39, 0.29) is 30.0 Å². The van der Waals surface area contributed by atoms with Crippen LogP contribution < -0.4 is 15.1 Å². The predicted molar refractivity (Wildman–Crippen MR) is 121 cm³/mol. The molecule has 2 atom stereocenters. The first-order chi connectivity index (χ1) is 16.0. The van der Waals surface area contributed by atoms with Gasteiger partial charge in [0.25, 0.3) is 5.69 Å². The molecule has 2 aliphatic heterocycles. The maximum Gasteiger partial charge on any atom is 0.269 e. The molecule has 0 radical (unpaired) electrons. The largest absolute Gasteiger partial charge is 0.467 e. The lowest BCUT2D eigenvalue weighted by Gasteiger charge is -2.49. The molecule has 8 nitrogen and oxygen atoms in total. The number of para-hydroxylation sites is 1. The summed E-state index contributed by atoms with van der Waals surface area (Å²) >= 11 is 0. The van der Waals surface area contributed by atoms with Crippen molar-refractivity contribution in [3.8, 4) is 0 Å². The first-order valence-electron chi connectivity index (χ1n) is 10.8. The second-order valence-corrected chi connectivity index (χ2v) is 8.34. The third kappa shape index (κ3) is 4.02. The zero-order valence-corrected chi connectivity index (χ0v) is 17.8. The van der Waals surface area contributed by atoms with E-state index in [1.807, 2.05) is 4.90 Å². The highest BCUT2D eigenvalue weighted by molar-refractivity contribution is 5.82. The van der Waals surface area contributed by atoms with Crippen molar-refractivity contribution in [3.05, 3.63) is 88.1 Å². The highest BCUT2D eigenvalue weighted by Gasteiger charge is 2.42. The Hall–Kier alpha value is -3.88. The average molecular weight is 450 g/mol. The van der Waals surface area contributed by atoms with Gasteiger partial charge < -0.3 is 19.5 Å². The van der Waals surface area contributed by atoms with E-state index < -0.39 is 10.8 Å². The minimum atomic E-state index is -0.455. The SMILES string of the molecule is O=C(NCc1ccco1)[C@@H]1Cc2cc([N+](=O)[O-])ccc2N2CCN(c3ccccc3F)C[C@@H]12. The maximum absolute atomic E-state index is 14.5. The minimum absolute atomic E-state index is 0.00642.